The number of halogens is 1. The number of aromatic nitrogens is 2. The Balaban J connectivity index is 1.75. The van der Waals surface area contributed by atoms with E-state index < -0.39 is 21.7 Å². The van der Waals surface area contributed by atoms with E-state index >= 15 is 0 Å². The molecule has 1 aromatic carbocycles. The molecule has 8 nitrogen and oxygen atoms in total. The number of piperidine rings is 1. The number of benzene rings is 1. The van der Waals surface area contributed by atoms with Crippen LogP contribution in [0, 0.1) is 10.7 Å². The Morgan fingerprint density at radius 2 is 2.15 bits per heavy atom. The van der Waals surface area contributed by atoms with E-state index in [1.165, 1.54) is 4.90 Å². The van der Waals surface area contributed by atoms with Crippen LogP contribution in [0.1, 0.15) is 41.9 Å². The molecule has 1 amide bonds. The standard InChI is InChI=1S/C16H19FN4O4S2/c1-2-18-27(23,24)11-3-4-13(17)12(9-11)15(22)21-7-5-10(6-8-21)14-19-20-16(26)25-14/h3-4,9-10,18H,2,5-8H2,1H3,(H,20,26). The van der Waals surface area contributed by atoms with E-state index in [4.69, 9.17) is 16.6 Å². The number of aromatic amines is 1. The maximum absolute atomic E-state index is 14.2. The number of hydrogen-bond donors (Lipinski definition) is 2. The van der Waals surface area contributed by atoms with Crippen molar-refractivity contribution in [2.24, 2.45) is 0 Å². The Kier molecular flexibility index (Phi) is 5.72. The molecule has 27 heavy (non-hydrogen) atoms. The van der Waals surface area contributed by atoms with Crippen LogP contribution < -0.4 is 4.72 Å². The first-order valence-electron chi connectivity index (χ1n) is 8.45. The summed E-state index contributed by atoms with van der Waals surface area (Å²) in [5, 5.41) is 6.57. The summed E-state index contributed by atoms with van der Waals surface area (Å²) in [4.78, 5) is 14.3. The normalized spacial score (nSPS) is 15.9. The van der Waals surface area contributed by atoms with Crippen LogP contribution in [0.4, 0.5) is 4.39 Å². The smallest absolute Gasteiger partial charge is 0.284 e. The molecule has 0 unspecified atom stereocenters. The Hall–Kier alpha value is -2.11. The topological polar surface area (TPSA) is 108 Å². The zero-order valence-corrected chi connectivity index (χ0v) is 16.2. The van der Waals surface area contributed by atoms with Crippen LogP contribution in [0.3, 0.4) is 0 Å². The molecule has 0 aliphatic carbocycles. The highest BCUT2D eigenvalue weighted by Gasteiger charge is 2.29. The third-order valence-corrected chi connectivity index (χ3v) is 6.12. The number of nitrogens with one attached hydrogen (secondary N) is 2. The van der Waals surface area contributed by atoms with Crippen molar-refractivity contribution in [1.29, 1.82) is 0 Å². The largest absolute Gasteiger partial charge is 0.414 e. The van der Waals surface area contributed by atoms with Crippen LogP contribution in [-0.2, 0) is 10.0 Å². The average Bonchev–Trinajstić information content (AvgIpc) is 3.08. The molecule has 0 atom stereocenters. The van der Waals surface area contributed by atoms with Crippen molar-refractivity contribution in [3.05, 3.63) is 40.3 Å². The molecule has 2 heterocycles. The van der Waals surface area contributed by atoms with E-state index in [-0.39, 0.29) is 27.8 Å². The summed E-state index contributed by atoms with van der Waals surface area (Å²) in [6.45, 7) is 2.59. The zero-order valence-electron chi connectivity index (χ0n) is 14.6. The molecule has 3 rings (SSSR count). The number of nitrogens with zero attached hydrogens (tertiary/aromatic N) is 2. The Morgan fingerprint density at radius 1 is 1.44 bits per heavy atom. The van der Waals surface area contributed by atoms with Gasteiger partial charge in [0.2, 0.25) is 15.9 Å². The maximum Gasteiger partial charge on any atom is 0.284 e. The minimum Gasteiger partial charge on any atom is -0.414 e. The first-order chi connectivity index (χ1) is 12.8. The first kappa shape index (κ1) is 19.6. The van der Waals surface area contributed by atoms with Crippen molar-refractivity contribution >= 4 is 28.1 Å². The Morgan fingerprint density at radius 3 is 2.74 bits per heavy atom. The first-order valence-corrected chi connectivity index (χ1v) is 10.3. The highest BCUT2D eigenvalue weighted by atomic mass is 32.2. The second-order valence-electron chi connectivity index (χ2n) is 6.16. The number of hydrogen-bond acceptors (Lipinski definition) is 6. The number of sulfonamides is 1. The highest BCUT2D eigenvalue weighted by Crippen LogP contribution is 2.28. The van der Waals surface area contributed by atoms with Crippen molar-refractivity contribution in [1.82, 2.24) is 19.8 Å². The molecule has 1 saturated heterocycles. The van der Waals surface area contributed by atoms with Crippen LogP contribution in [0.15, 0.2) is 27.5 Å². The van der Waals surface area contributed by atoms with Crippen LogP contribution in [-0.4, -0.2) is 49.1 Å². The summed E-state index contributed by atoms with van der Waals surface area (Å²) >= 11 is 4.86. The lowest BCUT2D eigenvalue weighted by atomic mass is 9.96. The average molecular weight is 414 g/mol. The molecule has 11 heteroatoms. The molecule has 1 aliphatic rings. The Labute approximate surface area is 160 Å². The fourth-order valence-electron chi connectivity index (χ4n) is 3.02. The van der Waals surface area contributed by atoms with Gasteiger partial charge in [-0.25, -0.2) is 22.6 Å². The molecule has 0 spiro atoms. The third-order valence-electron chi connectivity index (χ3n) is 4.40. The molecule has 1 fully saturated rings. The Bertz CT molecular complexity index is 994. The predicted molar refractivity (Wildman–Crippen MR) is 96.8 cm³/mol. The number of carbonyl (C=O) groups is 1. The van der Waals surface area contributed by atoms with Crippen molar-refractivity contribution in [3.8, 4) is 0 Å². The van der Waals surface area contributed by atoms with E-state index in [0.29, 0.717) is 31.8 Å². The second-order valence-corrected chi connectivity index (χ2v) is 8.30. The van der Waals surface area contributed by atoms with Crippen LogP contribution in [0.25, 0.3) is 0 Å². The lowest BCUT2D eigenvalue weighted by Gasteiger charge is -2.30. The molecule has 0 radical (unpaired) electrons. The van der Waals surface area contributed by atoms with Crippen molar-refractivity contribution in [2.75, 3.05) is 19.6 Å². The van der Waals surface area contributed by atoms with Gasteiger partial charge in [-0.1, -0.05) is 6.92 Å². The number of H-pyrrole nitrogens is 1. The molecule has 2 aromatic rings. The van der Waals surface area contributed by atoms with Gasteiger partial charge in [-0.05, 0) is 43.3 Å². The van der Waals surface area contributed by atoms with Gasteiger partial charge in [0.15, 0.2) is 0 Å². The minimum absolute atomic E-state index is 0.0207. The van der Waals surface area contributed by atoms with Crippen LogP contribution >= 0.6 is 12.2 Å². The zero-order chi connectivity index (χ0) is 19.6. The van der Waals surface area contributed by atoms with Gasteiger partial charge in [0.25, 0.3) is 10.7 Å². The molecule has 0 saturated carbocycles. The van der Waals surface area contributed by atoms with Gasteiger partial charge >= 0.3 is 0 Å². The fraction of sp³-hybridized carbons (Fsp3) is 0.438. The van der Waals surface area contributed by atoms with Crippen molar-refractivity contribution < 1.29 is 22.0 Å². The lowest BCUT2D eigenvalue weighted by molar-refractivity contribution is 0.0701. The van der Waals surface area contributed by atoms with Crippen molar-refractivity contribution in [2.45, 2.75) is 30.6 Å². The maximum atomic E-state index is 14.2. The van der Waals surface area contributed by atoms with E-state index in [2.05, 4.69) is 14.9 Å². The molecule has 1 aromatic heterocycles. The summed E-state index contributed by atoms with van der Waals surface area (Å²) < 4.78 is 46.0. The van der Waals surface area contributed by atoms with Crippen LogP contribution in [0.5, 0.6) is 0 Å². The second kappa shape index (κ2) is 7.87. The summed E-state index contributed by atoms with van der Waals surface area (Å²) in [6, 6.07) is 3.22. The molecule has 2 N–H and O–H groups in total. The number of likely N-dealkylation sites (tertiary alicyclic amines) is 1. The monoisotopic (exact) mass is 414 g/mol. The summed E-state index contributed by atoms with van der Waals surface area (Å²) in [5.74, 6) is -0.776. The summed E-state index contributed by atoms with van der Waals surface area (Å²) in [7, 11) is -3.78. The van der Waals surface area contributed by atoms with Gasteiger partial charge in [-0.3, -0.25) is 4.79 Å². The van der Waals surface area contributed by atoms with Crippen molar-refractivity contribution in [3.63, 3.8) is 0 Å². The van der Waals surface area contributed by atoms with Gasteiger partial charge in [0.05, 0.1) is 10.5 Å². The number of carbonyl (C=O) groups excluding carboxylic acids is 1. The molecular formula is C16H19FN4O4S2. The summed E-state index contributed by atoms with van der Waals surface area (Å²) in [5.41, 5.74) is -0.260. The molecule has 146 valence electrons. The van der Waals surface area contributed by atoms with Gasteiger partial charge in [0, 0.05) is 25.6 Å². The van der Waals surface area contributed by atoms with Gasteiger partial charge in [-0.2, -0.15) is 0 Å². The predicted octanol–water partition coefficient (Wildman–Crippen LogP) is 2.19. The van der Waals surface area contributed by atoms with E-state index in [0.717, 1.165) is 18.2 Å². The molecule has 1 aliphatic heterocycles. The number of amides is 1. The summed E-state index contributed by atoms with van der Waals surface area (Å²) in [6.07, 6.45) is 1.18. The van der Waals surface area contributed by atoms with E-state index in [1.54, 1.807) is 6.92 Å². The van der Waals surface area contributed by atoms with E-state index in [1.807, 2.05) is 0 Å². The van der Waals surface area contributed by atoms with Gasteiger partial charge in [-0.15, -0.1) is 5.10 Å². The van der Waals surface area contributed by atoms with Gasteiger partial charge in [0.1, 0.15) is 5.82 Å². The lowest BCUT2D eigenvalue weighted by Crippen LogP contribution is -2.38. The van der Waals surface area contributed by atoms with Crippen LogP contribution in [0.2, 0.25) is 0 Å². The number of rotatable bonds is 5. The third kappa shape index (κ3) is 4.25. The van der Waals surface area contributed by atoms with Gasteiger partial charge < -0.3 is 9.32 Å². The minimum atomic E-state index is -3.78. The molecular weight excluding hydrogens is 395 g/mol. The fourth-order valence-corrected chi connectivity index (χ4v) is 4.22. The molecule has 0 bridgehead atoms. The highest BCUT2D eigenvalue weighted by molar-refractivity contribution is 7.89. The van der Waals surface area contributed by atoms with E-state index in [9.17, 15) is 17.6 Å². The quantitative estimate of drug-likeness (QED) is 0.726. The SMILES string of the molecule is CCNS(=O)(=O)c1ccc(F)c(C(=O)N2CCC(c3n[nH]c(=S)o3)CC2)c1.